The zero-order valence-corrected chi connectivity index (χ0v) is 12.7. The second-order valence-corrected chi connectivity index (χ2v) is 6.14. The van der Waals surface area contributed by atoms with E-state index in [-0.39, 0.29) is 20.4 Å². The van der Waals surface area contributed by atoms with Crippen LogP contribution in [0.4, 0.5) is 0 Å². The molecule has 0 bridgehead atoms. The fourth-order valence-corrected chi connectivity index (χ4v) is 0. The Morgan fingerprint density at radius 3 is 0.923 bits per heavy atom. The van der Waals surface area contributed by atoms with E-state index in [2.05, 4.69) is 37.0 Å². The SMILES string of the molecule is O=C(O)C(P)P.O=C(O)C(P)P.[Pd]. The van der Waals surface area contributed by atoms with Crippen LogP contribution in [0.2, 0.25) is 0 Å². The van der Waals surface area contributed by atoms with Crippen LogP contribution in [0, 0.1) is 0 Å². The predicted molar refractivity (Wildman–Crippen MR) is 61.7 cm³/mol. The zero-order valence-electron chi connectivity index (χ0n) is 6.49. The number of hydrogen-bond donors (Lipinski definition) is 2. The van der Waals surface area contributed by atoms with E-state index in [9.17, 15) is 9.59 Å². The molecule has 0 spiro atoms. The third-order valence-electron chi connectivity index (χ3n) is 0.570. The van der Waals surface area contributed by atoms with Crippen LogP contribution in [0.25, 0.3) is 0 Å². The Morgan fingerprint density at radius 1 is 0.846 bits per heavy atom. The molecule has 4 unspecified atom stereocenters. The van der Waals surface area contributed by atoms with Gasteiger partial charge in [0, 0.05) is 20.4 Å². The predicted octanol–water partition coefficient (Wildman–Crippen LogP) is 0.292. The van der Waals surface area contributed by atoms with E-state index in [0.717, 1.165) is 0 Å². The molecule has 0 heterocycles. The molecule has 0 amide bonds. The number of carboxylic acid groups (broad SMARTS) is 2. The maximum absolute atomic E-state index is 9.66. The Bertz CT molecular complexity index is 144. The third kappa shape index (κ3) is 19.7. The van der Waals surface area contributed by atoms with Crippen molar-refractivity contribution in [2.75, 3.05) is 0 Å². The van der Waals surface area contributed by atoms with E-state index < -0.39 is 22.7 Å². The van der Waals surface area contributed by atoms with Crippen molar-refractivity contribution in [3.63, 3.8) is 0 Å². The van der Waals surface area contributed by atoms with Gasteiger partial charge in [0.05, 0.1) is 10.8 Å². The first-order valence-corrected chi connectivity index (χ1v) is 5.43. The van der Waals surface area contributed by atoms with Crippen molar-refractivity contribution in [3.05, 3.63) is 0 Å². The van der Waals surface area contributed by atoms with Gasteiger partial charge in [-0.15, -0.1) is 37.0 Å². The van der Waals surface area contributed by atoms with E-state index in [4.69, 9.17) is 10.2 Å². The maximum atomic E-state index is 9.66. The molecular weight excluding hydrogens is 342 g/mol. The zero-order chi connectivity index (χ0) is 10.3. The summed E-state index contributed by atoms with van der Waals surface area (Å²) in [5, 5.41) is 15.1. The normalized spacial score (nSPS) is 8.46. The first-order valence-electron chi connectivity index (χ1n) is 2.77. The van der Waals surface area contributed by atoms with Crippen molar-refractivity contribution < 1.29 is 40.2 Å². The molecule has 0 fully saturated rings. The molecule has 0 saturated heterocycles. The Kier molecular flexibility index (Phi) is 17.4. The summed E-state index contributed by atoms with van der Waals surface area (Å²) in [6, 6.07) is 0. The van der Waals surface area contributed by atoms with E-state index in [0.29, 0.717) is 0 Å². The molecule has 2 N–H and O–H groups in total. The first-order chi connectivity index (χ1) is 5.29. The van der Waals surface area contributed by atoms with Gasteiger partial charge in [-0.3, -0.25) is 9.59 Å². The summed E-state index contributed by atoms with van der Waals surface area (Å²) in [6.45, 7) is 0. The van der Waals surface area contributed by atoms with Gasteiger partial charge in [-0.2, -0.15) is 0 Å². The van der Waals surface area contributed by atoms with E-state index >= 15 is 0 Å². The van der Waals surface area contributed by atoms with Crippen molar-refractivity contribution >= 4 is 48.9 Å². The van der Waals surface area contributed by atoms with Gasteiger partial charge in [0.15, 0.2) is 0 Å². The molecule has 4 atom stereocenters. The second kappa shape index (κ2) is 11.4. The Morgan fingerprint density at radius 2 is 0.923 bits per heavy atom. The summed E-state index contributed by atoms with van der Waals surface area (Å²) in [6.07, 6.45) is 0. The average molecular weight is 354 g/mol. The molecule has 0 rings (SSSR count). The fourth-order valence-electron chi connectivity index (χ4n) is 0. The third-order valence-corrected chi connectivity index (χ3v) is 1.71. The molecule has 82 valence electrons. The number of rotatable bonds is 2. The van der Waals surface area contributed by atoms with Gasteiger partial charge in [0.2, 0.25) is 0 Å². The minimum absolute atomic E-state index is 0. The summed E-state index contributed by atoms with van der Waals surface area (Å²) >= 11 is 0. The Hall–Kier alpha value is 1.32. The van der Waals surface area contributed by atoms with Gasteiger partial charge in [-0.1, -0.05) is 0 Å². The van der Waals surface area contributed by atoms with Crippen LogP contribution in [0.3, 0.4) is 0 Å². The maximum Gasteiger partial charge on any atom is 0.314 e. The van der Waals surface area contributed by atoms with Crippen LogP contribution in [-0.2, 0) is 30.0 Å². The largest absolute Gasteiger partial charge is 0.481 e. The van der Waals surface area contributed by atoms with E-state index in [1.807, 2.05) is 0 Å². The molecule has 0 aliphatic carbocycles. The van der Waals surface area contributed by atoms with Crippen molar-refractivity contribution in [3.8, 4) is 0 Å². The van der Waals surface area contributed by atoms with Crippen molar-refractivity contribution in [2.24, 2.45) is 0 Å². The molecule has 0 aromatic rings. The summed E-state index contributed by atoms with van der Waals surface area (Å²) in [5.41, 5.74) is 0. The van der Waals surface area contributed by atoms with Gasteiger partial charge in [-0.05, 0) is 0 Å². The van der Waals surface area contributed by atoms with Gasteiger partial charge >= 0.3 is 11.9 Å². The summed E-state index contributed by atoms with van der Waals surface area (Å²) < 4.78 is 0. The van der Waals surface area contributed by atoms with Crippen molar-refractivity contribution in [2.45, 2.75) is 10.8 Å². The number of aliphatic carboxylic acids is 2. The van der Waals surface area contributed by atoms with Crippen LogP contribution in [0.1, 0.15) is 0 Å². The molecule has 0 aliphatic rings. The standard InChI is InChI=1S/2C2H6O2P2.Pd/c2*3-1(4)2(5)6;/h2*2H,5-6H2,(H,3,4);. The molecular formula is C4H12O4P4Pd. The van der Waals surface area contributed by atoms with Crippen molar-refractivity contribution in [1.82, 2.24) is 0 Å². The summed E-state index contributed by atoms with van der Waals surface area (Å²) in [5.74, 6) is -1.63. The van der Waals surface area contributed by atoms with Gasteiger partial charge in [-0.25, -0.2) is 0 Å². The molecule has 0 aromatic heterocycles. The minimum Gasteiger partial charge on any atom is -0.481 e. The van der Waals surface area contributed by atoms with Crippen LogP contribution in [0.15, 0.2) is 0 Å². The molecule has 0 saturated carbocycles. The van der Waals surface area contributed by atoms with Crippen LogP contribution in [0.5, 0.6) is 0 Å². The van der Waals surface area contributed by atoms with Crippen molar-refractivity contribution in [1.29, 1.82) is 0 Å². The average Bonchev–Trinajstić information content (AvgIpc) is 1.88. The smallest absolute Gasteiger partial charge is 0.314 e. The van der Waals surface area contributed by atoms with Gasteiger partial charge in [0.1, 0.15) is 0 Å². The van der Waals surface area contributed by atoms with Crippen LogP contribution < -0.4 is 0 Å². The molecule has 13 heavy (non-hydrogen) atoms. The first kappa shape index (κ1) is 19.8. The van der Waals surface area contributed by atoms with Crippen LogP contribution in [-0.4, -0.2) is 33.0 Å². The summed E-state index contributed by atoms with van der Waals surface area (Å²) in [7, 11) is 8.55. The van der Waals surface area contributed by atoms with Crippen LogP contribution >= 0.6 is 37.0 Å². The summed E-state index contributed by atoms with van der Waals surface area (Å²) in [4.78, 5) is 19.3. The monoisotopic (exact) mass is 354 g/mol. The quantitative estimate of drug-likeness (QED) is 0.552. The Labute approximate surface area is 99.9 Å². The fraction of sp³-hybridized carbons (Fsp3) is 0.500. The molecule has 0 aliphatic heterocycles. The molecule has 0 aromatic carbocycles. The molecule has 4 nitrogen and oxygen atoms in total. The number of carbonyl (C=O) groups is 2. The Balaban J connectivity index is -0.000000143. The van der Waals surface area contributed by atoms with Gasteiger partial charge < -0.3 is 10.2 Å². The second-order valence-electron chi connectivity index (χ2n) is 1.73. The number of carboxylic acids is 2. The molecule has 0 radical (unpaired) electrons. The topological polar surface area (TPSA) is 74.6 Å². The molecule has 9 heteroatoms. The van der Waals surface area contributed by atoms with E-state index in [1.165, 1.54) is 0 Å². The minimum atomic E-state index is -0.815. The van der Waals surface area contributed by atoms with E-state index in [1.54, 1.807) is 0 Å². The van der Waals surface area contributed by atoms with Gasteiger partial charge in [0.25, 0.3) is 0 Å². The number of hydrogen-bond acceptors (Lipinski definition) is 2.